The normalized spacial score (nSPS) is 12.0. The minimum absolute atomic E-state index is 0.277. The molecule has 0 aliphatic rings. The molecule has 21 heavy (non-hydrogen) atoms. The number of hydrogen-bond donors (Lipinski definition) is 0. The number of carbonyl (C=O) groups is 1. The molecule has 2 aromatic carbocycles. The first-order valence-corrected chi connectivity index (χ1v) is 7.05. The standard InChI is InChI=1S/C16H14Cl2O3/c1-20-16(19)15(13-8-7-12(17)9-14(13)18)21-10-11-5-3-2-4-6-11/h2-9,15H,10H2,1H3. The zero-order valence-electron chi connectivity index (χ0n) is 11.4. The Bertz CT molecular complexity index is 614. The van der Waals surface area contributed by atoms with Crippen LogP contribution in [0.3, 0.4) is 0 Å². The Kier molecular flexibility index (Phi) is 5.62. The Morgan fingerprint density at radius 2 is 1.86 bits per heavy atom. The molecule has 0 spiro atoms. The molecule has 0 N–H and O–H groups in total. The van der Waals surface area contributed by atoms with Crippen molar-refractivity contribution >= 4 is 29.2 Å². The second-order valence-electron chi connectivity index (χ2n) is 4.37. The van der Waals surface area contributed by atoms with Gasteiger partial charge in [0.05, 0.1) is 13.7 Å². The SMILES string of the molecule is COC(=O)C(OCc1ccccc1)c1ccc(Cl)cc1Cl. The lowest BCUT2D eigenvalue weighted by Crippen LogP contribution is -2.18. The fourth-order valence-electron chi connectivity index (χ4n) is 1.86. The summed E-state index contributed by atoms with van der Waals surface area (Å²) in [6.07, 6.45) is -0.889. The van der Waals surface area contributed by atoms with Crippen molar-refractivity contribution in [2.75, 3.05) is 7.11 Å². The summed E-state index contributed by atoms with van der Waals surface area (Å²) in [5, 5.41) is 0.862. The zero-order chi connectivity index (χ0) is 15.2. The predicted molar refractivity (Wildman–Crippen MR) is 82.5 cm³/mol. The van der Waals surface area contributed by atoms with E-state index in [4.69, 9.17) is 32.7 Å². The van der Waals surface area contributed by atoms with Crippen molar-refractivity contribution < 1.29 is 14.3 Å². The van der Waals surface area contributed by atoms with Crippen molar-refractivity contribution in [2.24, 2.45) is 0 Å². The molecule has 0 aromatic heterocycles. The largest absolute Gasteiger partial charge is 0.467 e. The second kappa shape index (κ2) is 7.46. The number of halogens is 2. The van der Waals surface area contributed by atoms with E-state index in [1.54, 1.807) is 18.2 Å². The second-order valence-corrected chi connectivity index (χ2v) is 5.21. The molecule has 2 rings (SSSR count). The van der Waals surface area contributed by atoms with Crippen LogP contribution in [0.25, 0.3) is 0 Å². The molecule has 3 nitrogen and oxygen atoms in total. The lowest BCUT2D eigenvalue weighted by molar-refractivity contribution is -0.155. The van der Waals surface area contributed by atoms with Crippen LogP contribution in [0.15, 0.2) is 48.5 Å². The highest BCUT2D eigenvalue weighted by Gasteiger charge is 2.24. The third-order valence-corrected chi connectivity index (χ3v) is 3.48. The number of esters is 1. The summed E-state index contributed by atoms with van der Waals surface area (Å²) < 4.78 is 10.5. The topological polar surface area (TPSA) is 35.5 Å². The van der Waals surface area contributed by atoms with E-state index in [-0.39, 0.29) is 6.61 Å². The van der Waals surface area contributed by atoms with Crippen LogP contribution < -0.4 is 0 Å². The first-order valence-electron chi connectivity index (χ1n) is 6.30. The van der Waals surface area contributed by atoms with E-state index in [1.807, 2.05) is 30.3 Å². The molecule has 1 unspecified atom stereocenters. The predicted octanol–water partition coefficient (Wildman–Crippen LogP) is 4.42. The van der Waals surface area contributed by atoms with Gasteiger partial charge in [-0.25, -0.2) is 4.79 Å². The van der Waals surface area contributed by atoms with Gasteiger partial charge in [0.2, 0.25) is 0 Å². The van der Waals surface area contributed by atoms with E-state index in [0.717, 1.165) is 5.56 Å². The fourth-order valence-corrected chi connectivity index (χ4v) is 2.37. The van der Waals surface area contributed by atoms with Crippen LogP contribution in [-0.4, -0.2) is 13.1 Å². The van der Waals surface area contributed by atoms with Crippen LogP contribution in [0, 0.1) is 0 Å². The van der Waals surface area contributed by atoms with Gasteiger partial charge in [0.1, 0.15) is 0 Å². The lowest BCUT2D eigenvalue weighted by Gasteiger charge is -2.17. The molecular weight excluding hydrogens is 311 g/mol. The number of hydrogen-bond acceptors (Lipinski definition) is 3. The lowest BCUT2D eigenvalue weighted by atomic mass is 10.1. The van der Waals surface area contributed by atoms with Gasteiger partial charge < -0.3 is 9.47 Å². The van der Waals surface area contributed by atoms with Gasteiger partial charge in [0.25, 0.3) is 0 Å². The summed E-state index contributed by atoms with van der Waals surface area (Å²) >= 11 is 12.0. The Morgan fingerprint density at radius 1 is 1.14 bits per heavy atom. The molecule has 0 saturated heterocycles. The molecule has 110 valence electrons. The molecule has 0 aliphatic heterocycles. The number of methoxy groups -OCH3 is 1. The summed E-state index contributed by atoms with van der Waals surface area (Å²) in [6.45, 7) is 0.277. The molecule has 0 bridgehead atoms. The van der Waals surface area contributed by atoms with Crippen molar-refractivity contribution in [1.82, 2.24) is 0 Å². The summed E-state index contributed by atoms with van der Waals surface area (Å²) in [7, 11) is 1.31. The van der Waals surface area contributed by atoms with Crippen molar-refractivity contribution in [3.05, 3.63) is 69.7 Å². The number of benzene rings is 2. The van der Waals surface area contributed by atoms with E-state index in [0.29, 0.717) is 15.6 Å². The molecule has 1 atom stereocenters. The van der Waals surface area contributed by atoms with E-state index in [9.17, 15) is 4.79 Å². The molecule has 0 fully saturated rings. The number of rotatable bonds is 5. The summed E-state index contributed by atoms with van der Waals surface area (Å²) in [5.41, 5.74) is 1.49. The highest BCUT2D eigenvalue weighted by molar-refractivity contribution is 6.35. The Balaban J connectivity index is 2.20. The summed E-state index contributed by atoms with van der Waals surface area (Å²) in [6, 6.07) is 14.4. The van der Waals surface area contributed by atoms with Crippen LogP contribution in [0.4, 0.5) is 0 Å². The molecule has 5 heteroatoms. The van der Waals surface area contributed by atoms with Gasteiger partial charge in [0, 0.05) is 15.6 Å². The van der Waals surface area contributed by atoms with Crippen molar-refractivity contribution in [1.29, 1.82) is 0 Å². The van der Waals surface area contributed by atoms with E-state index in [1.165, 1.54) is 7.11 Å². The van der Waals surface area contributed by atoms with Gasteiger partial charge in [-0.3, -0.25) is 0 Å². The van der Waals surface area contributed by atoms with Crippen molar-refractivity contribution in [3.8, 4) is 0 Å². The quantitative estimate of drug-likeness (QED) is 0.763. The average molecular weight is 325 g/mol. The van der Waals surface area contributed by atoms with Gasteiger partial charge in [0.15, 0.2) is 6.10 Å². The van der Waals surface area contributed by atoms with Crippen molar-refractivity contribution in [2.45, 2.75) is 12.7 Å². The number of ether oxygens (including phenoxy) is 2. The maximum absolute atomic E-state index is 11.9. The van der Waals surface area contributed by atoms with Gasteiger partial charge in [-0.05, 0) is 17.7 Å². The molecule has 0 amide bonds. The molecule has 0 radical (unpaired) electrons. The Hall–Kier alpha value is -1.55. The van der Waals surface area contributed by atoms with E-state index in [2.05, 4.69) is 0 Å². The Labute approximate surface area is 133 Å². The highest BCUT2D eigenvalue weighted by Crippen LogP contribution is 2.30. The minimum Gasteiger partial charge on any atom is -0.467 e. The minimum atomic E-state index is -0.889. The van der Waals surface area contributed by atoms with Gasteiger partial charge >= 0.3 is 5.97 Å². The van der Waals surface area contributed by atoms with Crippen LogP contribution in [0.2, 0.25) is 10.0 Å². The van der Waals surface area contributed by atoms with Crippen LogP contribution in [0.5, 0.6) is 0 Å². The summed E-state index contributed by atoms with van der Waals surface area (Å²) in [5.74, 6) is -0.504. The van der Waals surface area contributed by atoms with Gasteiger partial charge in [-0.15, -0.1) is 0 Å². The van der Waals surface area contributed by atoms with E-state index < -0.39 is 12.1 Å². The third-order valence-electron chi connectivity index (χ3n) is 2.92. The van der Waals surface area contributed by atoms with Crippen molar-refractivity contribution in [3.63, 3.8) is 0 Å². The molecular formula is C16H14Cl2O3. The zero-order valence-corrected chi connectivity index (χ0v) is 12.9. The molecule has 0 heterocycles. The van der Waals surface area contributed by atoms with Crippen LogP contribution in [0.1, 0.15) is 17.2 Å². The monoisotopic (exact) mass is 324 g/mol. The van der Waals surface area contributed by atoms with E-state index >= 15 is 0 Å². The number of carbonyl (C=O) groups excluding carboxylic acids is 1. The Morgan fingerprint density at radius 3 is 2.48 bits per heavy atom. The maximum Gasteiger partial charge on any atom is 0.339 e. The first-order chi connectivity index (χ1) is 10.1. The fraction of sp³-hybridized carbons (Fsp3) is 0.188. The average Bonchev–Trinajstić information content (AvgIpc) is 2.50. The van der Waals surface area contributed by atoms with Gasteiger partial charge in [-0.1, -0.05) is 59.6 Å². The van der Waals surface area contributed by atoms with Crippen LogP contribution in [-0.2, 0) is 20.9 Å². The highest BCUT2D eigenvalue weighted by atomic mass is 35.5. The maximum atomic E-state index is 11.9. The van der Waals surface area contributed by atoms with Crippen LogP contribution >= 0.6 is 23.2 Å². The third kappa shape index (κ3) is 4.21. The molecule has 0 aliphatic carbocycles. The first kappa shape index (κ1) is 15.8. The molecule has 2 aromatic rings. The smallest absolute Gasteiger partial charge is 0.339 e. The molecule has 0 saturated carbocycles. The van der Waals surface area contributed by atoms with Gasteiger partial charge in [-0.2, -0.15) is 0 Å². The summed E-state index contributed by atoms with van der Waals surface area (Å²) in [4.78, 5) is 11.9.